The molecule has 0 heterocycles. The van der Waals surface area contributed by atoms with Crippen LogP contribution in [-0.2, 0) is 0 Å². The average Bonchev–Trinajstić information content (AvgIpc) is 2.19. The number of allylic oxidation sites excluding steroid dienone is 4. The summed E-state index contributed by atoms with van der Waals surface area (Å²) in [4.78, 5) is 0. The summed E-state index contributed by atoms with van der Waals surface area (Å²) < 4.78 is 0. The number of nitrogens with one attached hydrogen (secondary N) is 1. The fraction of sp³-hybridized carbons (Fsp3) is 0.545. The third kappa shape index (κ3) is 2.53. The van der Waals surface area contributed by atoms with Gasteiger partial charge in [-0.2, -0.15) is 0 Å². The molecule has 3 heteroatoms. The van der Waals surface area contributed by atoms with E-state index in [0.29, 0.717) is 5.71 Å². The molecule has 0 aromatic heterocycles. The lowest BCUT2D eigenvalue weighted by Gasteiger charge is -2.21. The quantitative estimate of drug-likeness (QED) is 0.591. The van der Waals surface area contributed by atoms with Gasteiger partial charge in [-0.1, -0.05) is 18.2 Å². The van der Waals surface area contributed by atoms with Gasteiger partial charge in [-0.15, -0.1) is 0 Å². The van der Waals surface area contributed by atoms with Crippen LogP contribution in [0.5, 0.6) is 0 Å². The van der Waals surface area contributed by atoms with Crippen LogP contribution in [0.2, 0.25) is 0 Å². The summed E-state index contributed by atoms with van der Waals surface area (Å²) in [5.41, 5.74) is 1.29. The van der Waals surface area contributed by atoms with E-state index in [2.05, 4.69) is 0 Å². The first-order valence-corrected chi connectivity index (χ1v) is 4.90. The van der Waals surface area contributed by atoms with E-state index in [1.165, 1.54) is 0 Å². The van der Waals surface area contributed by atoms with Gasteiger partial charge in [0.05, 0.1) is 12.7 Å². The zero-order valence-electron chi connectivity index (χ0n) is 8.40. The summed E-state index contributed by atoms with van der Waals surface area (Å²) in [5, 5.41) is 26.3. The monoisotopic (exact) mass is 195 g/mol. The van der Waals surface area contributed by atoms with E-state index in [1.54, 1.807) is 6.92 Å². The molecule has 0 saturated heterocycles. The first-order chi connectivity index (χ1) is 6.66. The first kappa shape index (κ1) is 11.1. The molecule has 0 fully saturated rings. The maximum absolute atomic E-state index is 9.37. The molecule has 0 spiro atoms. The van der Waals surface area contributed by atoms with Crippen molar-refractivity contribution in [1.29, 1.82) is 5.41 Å². The molecule has 1 aliphatic carbocycles. The minimum Gasteiger partial charge on any atom is -0.396 e. The van der Waals surface area contributed by atoms with Gasteiger partial charge < -0.3 is 15.6 Å². The van der Waals surface area contributed by atoms with E-state index in [-0.39, 0.29) is 6.61 Å². The van der Waals surface area contributed by atoms with Crippen LogP contribution in [-0.4, -0.2) is 28.6 Å². The van der Waals surface area contributed by atoms with Gasteiger partial charge >= 0.3 is 0 Å². The van der Waals surface area contributed by atoms with E-state index in [0.717, 1.165) is 18.4 Å². The van der Waals surface area contributed by atoms with Crippen LogP contribution in [0, 0.1) is 11.3 Å². The Morgan fingerprint density at radius 1 is 1.64 bits per heavy atom. The molecule has 2 atom stereocenters. The molecule has 0 aromatic rings. The zero-order valence-corrected chi connectivity index (χ0v) is 8.40. The Hall–Kier alpha value is -0.930. The largest absolute Gasteiger partial charge is 0.396 e. The van der Waals surface area contributed by atoms with Gasteiger partial charge in [0.1, 0.15) is 0 Å². The molecule has 0 aromatic carbocycles. The number of hydrogen-bond donors (Lipinski definition) is 3. The zero-order chi connectivity index (χ0) is 10.6. The lowest BCUT2D eigenvalue weighted by atomic mass is 9.89. The van der Waals surface area contributed by atoms with Crippen molar-refractivity contribution < 1.29 is 10.2 Å². The minimum atomic E-state index is -0.667. The number of aliphatic hydroxyl groups is 2. The Kier molecular flexibility index (Phi) is 4.04. The molecule has 0 bridgehead atoms. The first-order valence-electron chi connectivity index (χ1n) is 4.90. The van der Waals surface area contributed by atoms with E-state index in [4.69, 9.17) is 10.5 Å². The van der Waals surface area contributed by atoms with Crippen molar-refractivity contribution in [3.8, 4) is 0 Å². The molecular formula is C11H17NO2. The van der Waals surface area contributed by atoms with Crippen molar-refractivity contribution in [1.82, 2.24) is 0 Å². The summed E-state index contributed by atoms with van der Waals surface area (Å²) >= 11 is 0. The Labute approximate surface area is 84.3 Å². The second kappa shape index (κ2) is 5.08. The van der Waals surface area contributed by atoms with Crippen molar-refractivity contribution >= 4 is 5.71 Å². The van der Waals surface area contributed by atoms with Crippen LogP contribution in [0.4, 0.5) is 0 Å². The van der Waals surface area contributed by atoms with Crippen molar-refractivity contribution in [3.63, 3.8) is 0 Å². The van der Waals surface area contributed by atoms with Gasteiger partial charge in [-0.3, -0.25) is 0 Å². The molecule has 78 valence electrons. The van der Waals surface area contributed by atoms with Crippen LogP contribution >= 0.6 is 0 Å². The maximum atomic E-state index is 9.37. The highest BCUT2D eigenvalue weighted by atomic mass is 16.3. The van der Waals surface area contributed by atoms with Crippen molar-refractivity contribution in [2.24, 2.45) is 5.92 Å². The molecule has 1 aliphatic rings. The topological polar surface area (TPSA) is 64.3 Å². The summed E-state index contributed by atoms with van der Waals surface area (Å²) in [6, 6.07) is 0. The van der Waals surface area contributed by atoms with E-state index in [9.17, 15) is 5.11 Å². The predicted octanol–water partition coefficient (Wildman–Crippen LogP) is 1.27. The number of aliphatic hydroxyl groups excluding tert-OH is 2. The molecule has 0 aliphatic heterocycles. The minimum absolute atomic E-state index is 0.169. The van der Waals surface area contributed by atoms with Gasteiger partial charge in [-0.25, -0.2) is 0 Å². The maximum Gasteiger partial charge on any atom is 0.0617 e. The third-order valence-electron chi connectivity index (χ3n) is 2.51. The van der Waals surface area contributed by atoms with E-state index < -0.39 is 12.0 Å². The van der Waals surface area contributed by atoms with Crippen molar-refractivity contribution in [2.45, 2.75) is 25.9 Å². The average molecular weight is 195 g/mol. The van der Waals surface area contributed by atoms with Crippen molar-refractivity contribution in [3.05, 3.63) is 23.8 Å². The summed E-state index contributed by atoms with van der Waals surface area (Å²) in [7, 11) is 0. The molecule has 14 heavy (non-hydrogen) atoms. The predicted molar refractivity (Wildman–Crippen MR) is 56.4 cm³/mol. The van der Waals surface area contributed by atoms with E-state index in [1.807, 2.05) is 18.2 Å². The Balaban J connectivity index is 2.71. The molecule has 0 amide bonds. The summed E-state index contributed by atoms with van der Waals surface area (Å²) in [6.45, 7) is 1.44. The van der Waals surface area contributed by atoms with Gasteiger partial charge in [0.25, 0.3) is 0 Å². The third-order valence-corrected chi connectivity index (χ3v) is 2.51. The molecule has 0 saturated carbocycles. The van der Waals surface area contributed by atoms with Crippen LogP contribution < -0.4 is 0 Å². The van der Waals surface area contributed by atoms with Gasteiger partial charge in [0, 0.05) is 11.6 Å². The molecule has 0 radical (unpaired) electrons. The van der Waals surface area contributed by atoms with Crippen LogP contribution in [0.1, 0.15) is 19.8 Å². The molecular weight excluding hydrogens is 178 g/mol. The number of rotatable bonds is 4. The fourth-order valence-electron chi connectivity index (χ4n) is 1.55. The van der Waals surface area contributed by atoms with Gasteiger partial charge in [0.2, 0.25) is 0 Å². The lowest BCUT2D eigenvalue weighted by Crippen LogP contribution is -2.30. The number of hydrogen-bond acceptors (Lipinski definition) is 3. The van der Waals surface area contributed by atoms with E-state index >= 15 is 0 Å². The van der Waals surface area contributed by atoms with Gasteiger partial charge in [0.15, 0.2) is 0 Å². The summed E-state index contributed by atoms with van der Waals surface area (Å²) in [6.07, 6.45) is 6.96. The van der Waals surface area contributed by atoms with Crippen LogP contribution in [0.15, 0.2) is 23.8 Å². The molecule has 3 nitrogen and oxygen atoms in total. The van der Waals surface area contributed by atoms with Gasteiger partial charge in [-0.05, 0) is 25.3 Å². The van der Waals surface area contributed by atoms with Crippen LogP contribution in [0.3, 0.4) is 0 Å². The lowest BCUT2D eigenvalue weighted by molar-refractivity contribution is 0.115. The highest BCUT2D eigenvalue weighted by Crippen LogP contribution is 2.19. The Morgan fingerprint density at radius 3 is 2.79 bits per heavy atom. The highest BCUT2D eigenvalue weighted by molar-refractivity contribution is 6.00. The summed E-state index contributed by atoms with van der Waals surface area (Å²) in [5.74, 6) is -0.451. The Morgan fingerprint density at radius 2 is 2.36 bits per heavy atom. The Bertz CT molecular complexity index is 266. The second-order valence-electron chi connectivity index (χ2n) is 3.60. The normalized spacial score (nSPS) is 20.1. The molecule has 1 rings (SSSR count). The second-order valence-corrected chi connectivity index (χ2v) is 3.60. The van der Waals surface area contributed by atoms with Crippen LogP contribution in [0.25, 0.3) is 0 Å². The smallest absolute Gasteiger partial charge is 0.0617 e. The SMILES string of the molecule is C[C@@H](O)C(CO)C(=N)C1=CC=CCC1. The van der Waals surface area contributed by atoms with Crippen molar-refractivity contribution in [2.75, 3.05) is 6.61 Å². The molecule has 1 unspecified atom stereocenters. The standard InChI is InChI=1S/C11H17NO2/c1-8(14)10(7-13)11(12)9-5-3-2-4-6-9/h2-3,5,8,10,12-14H,4,6-7H2,1H3/t8-,10?/m1/s1. The highest BCUT2D eigenvalue weighted by Gasteiger charge is 2.21. The fourth-order valence-corrected chi connectivity index (χ4v) is 1.55. The molecule has 3 N–H and O–H groups in total.